The number of rotatable bonds is 4. The van der Waals surface area contributed by atoms with E-state index in [1.807, 2.05) is 0 Å². The maximum absolute atomic E-state index is 11.3. The Kier molecular flexibility index (Phi) is 4.58. The Bertz CT molecular complexity index is 232. The van der Waals surface area contributed by atoms with Gasteiger partial charge < -0.3 is 4.79 Å². The molecule has 0 aliphatic heterocycles. The lowest BCUT2D eigenvalue weighted by atomic mass is 9.65. The molecule has 1 fully saturated rings. The first-order valence-electron chi connectivity index (χ1n) is 6.82. The number of carbonyl (C=O) groups excluding carboxylic acids is 1. The predicted molar refractivity (Wildman–Crippen MR) is 69.4 cm³/mol. The van der Waals surface area contributed by atoms with E-state index in [1.54, 1.807) is 6.92 Å². The van der Waals surface area contributed by atoms with Gasteiger partial charge in [-0.15, -0.1) is 0 Å². The third-order valence-corrected chi connectivity index (χ3v) is 4.52. The predicted octanol–water partition coefficient (Wildman–Crippen LogP) is 4.45. The van der Waals surface area contributed by atoms with Gasteiger partial charge >= 0.3 is 0 Å². The van der Waals surface area contributed by atoms with Crippen LogP contribution in [0, 0.1) is 23.2 Å². The van der Waals surface area contributed by atoms with Gasteiger partial charge in [0.25, 0.3) is 0 Å². The molecule has 0 aromatic heterocycles. The number of carbonyl (C=O) groups is 1. The quantitative estimate of drug-likeness (QED) is 0.689. The van der Waals surface area contributed by atoms with E-state index in [-0.39, 0.29) is 5.41 Å². The lowest BCUT2D eigenvalue weighted by Crippen LogP contribution is -2.31. The molecular weight excluding hydrogens is 196 g/mol. The molecule has 0 heterocycles. The van der Waals surface area contributed by atoms with E-state index in [4.69, 9.17) is 0 Å². The van der Waals surface area contributed by atoms with Gasteiger partial charge in [0, 0.05) is 6.42 Å². The molecule has 1 aliphatic rings. The van der Waals surface area contributed by atoms with Crippen molar-refractivity contribution in [2.45, 2.75) is 66.7 Å². The number of Topliss-reactive ketones (excluding diaryl/α,β-unsaturated/α-hetero) is 1. The van der Waals surface area contributed by atoms with Crippen molar-refractivity contribution in [3.8, 4) is 0 Å². The average Bonchev–Trinajstić information content (AvgIpc) is 2.16. The van der Waals surface area contributed by atoms with Crippen LogP contribution < -0.4 is 0 Å². The zero-order chi connectivity index (χ0) is 12.3. The number of hydrogen-bond acceptors (Lipinski definition) is 1. The van der Waals surface area contributed by atoms with Crippen LogP contribution in [0.3, 0.4) is 0 Å². The molecule has 0 bridgehead atoms. The summed E-state index contributed by atoms with van der Waals surface area (Å²) in [4.78, 5) is 11.3. The first-order valence-corrected chi connectivity index (χ1v) is 6.82. The van der Waals surface area contributed by atoms with E-state index >= 15 is 0 Å². The van der Waals surface area contributed by atoms with Crippen LogP contribution in [0.1, 0.15) is 66.7 Å². The molecule has 0 spiro atoms. The van der Waals surface area contributed by atoms with Crippen LogP contribution in [0.15, 0.2) is 0 Å². The zero-order valence-electron chi connectivity index (χ0n) is 11.7. The molecule has 1 rings (SSSR count). The first kappa shape index (κ1) is 13.7. The molecule has 0 aromatic carbocycles. The van der Waals surface area contributed by atoms with E-state index in [0.717, 1.165) is 24.2 Å². The zero-order valence-corrected chi connectivity index (χ0v) is 11.7. The summed E-state index contributed by atoms with van der Waals surface area (Å²) in [5, 5.41) is 0. The second-order valence-corrected chi connectivity index (χ2v) is 6.72. The van der Waals surface area contributed by atoms with E-state index in [9.17, 15) is 4.79 Å². The fourth-order valence-electron chi connectivity index (χ4n) is 3.35. The molecule has 0 aromatic rings. The molecule has 1 heteroatoms. The minimum Gasteiger partial charge on any atom is -0.300 e. The average molecular weight is 224 g/mol. The highest BCUT2D eigenvalue weighted by atomic mass is 16.1. The highest BCUT2D eigenvalue weighted by molar-refractivity contribution is 5.76. The first-order chi connectivity index (χ1) is 7.33. The third-order valence-electron chi connectivity index (χ3n) is 4.52. The van der Waals surface area contributed by atoms with Crippen molar-refractivity contribution >= 4 is 5.78 Å². The van der Waals surface area contributed by atoms with Crippen LogP contribution in [-0.4, -0.2) is 5.78 Å². The van der Waals surface area contributed by atoms with Crippen molar-refractivity contribution < 1.29 is 4.79 Å². The Morgan fingerprint density at radius 1 is 1.19 bits per heavy atom. The Morgan fingerprint density at radius 2 is 1.69 bits per heavy atom. The fraction of sp³-hybridized carbons (Fsp3) is 0.933. The molecule has 0 amide bonds. The summed E-state index contributed by atoms with van der Waals surface area (Å²) < 4.78 is 0. The second-order valence-electron chi connectivity index (χ2n) is 6.72. The SMILES string of the molecule is CC(=O)CC(C)(C)C1CCC(C(C)C)CC1. The molecule has 0 atom stereocenters. The van der Waals surface area contributed by atoms with Gasteiger partial charge in [0.2, 0.25) is 0 Å². The Balaban J connectivity index is 2.49. The number of hydrogen-bond donors (Lipinski definition) is 0. The summed E-state index contributed by atoms with van der Waals surface area (Å²) in [7, 11) is 0. The normalized spacial score (nSPS) is 27.1. The third kappa shape index (κ3) is 3.61. The second kappa shape index (κ2) is 5.33. The van der Waals surface area contributed by atoms with Crippen LogP contribution >= 0.6 is 0 Å². The Morgan fingerprint density at radius 3 is 2.06 bits per heavy atom. The van der Waals surface area contributed by atoms with Gasteiger partial charge in [0.05, 0.1) is 0 Å². The number of ketones is 1. The molecule has 0 saturated heterocycles. The molecule has 94 valence electrons. The molecule has 0 radical (unpaired) electrons. The van der Waals surface area contributed by atoms with E-state index < -0.39 is 0 Å². The smallest absolute Gasteiger partial charge is 0.130 e. The van der Waals surface area contributed by atoms with E-state index in [1.165, 1.54) is 25.7 Å². The van der Waals surface area contributed by atoms with Crippen molar-refractivity contribution in [2.75, 3.05) is 0 Å². The molecule has 1 aliphatic carbocycles. The van der Waals surface area contributed by atoms with Gasteiger partial charge in [-0.3, -0.25) is 0 Å². The van der Waals surface area contributed by atoms with Gasteiger partial charge in [-0.25, -0.2) is 0 Å². The van der Waals surface area contributed by atoms with Crippen LogP contribution in [0.25, 0.3) is 0 Å². The summed E-state index contributed by atoms with van der Waals surface area (Å²) in [6.45, 7) is 10.9. The summed E-state index contributed by atoms with van der Waals surface area (Å²) >= 11 is 0. The summed E-state index contributed by atoms with van der Waals surface area (Å²) in [6, 6.07) is 0. The fourth-order valence-corrected chi connectivity index (χ4v) is 3.35. The summed E-state index contributed by atoms with van der Waals surface area (Å²) in [6.07, 6.45) is 6.13. The molecule has 1 nitrogen and oxygen atoms in total. The summed E-state index contributed by atoms with van der Waals surface area (Å²) in [5.41, 5.74) is 0.216. The van der Waals surface area contributed by atoms with E-state index in [2.05, 4.69) is 27.7 Å². The minimum absolute atomic E-state index is 0.216. The lowest BCUT2D eigenvalue weighted by molar-refractivity contribution is -0.119. The standard InChI is InChI=1S/C15H28O/c1-11(2)13-6-8-14(9-7-13)15(4,5)10-12(3)16/h11,13-14H,6-10H2,1-5H3. The topological polar surface area (TPSA) is 17.1 Å². The van der Waals surface area contributed by atoms with Crippen molar-refractivity contribution in [3.05, 3.63) is 0 Å². The lowest BCUT2D eigenvalue weighted by Gasteiger charge is -2.40. The Hall–Kier alpha value is -0.330. The molecule has 0 unspecified atom stereocenters. The van der Waals surface area contributed by atoms with Crippen LogP contribution in [-0.2, 0) is 4.79 Å². The molecule has 0 N–H and O–H groups in total. The maximum atomic E-state index is 11.3. The van der Waals surface area contributed by atoms with Crippen LogP contribution in [0.5, 0.6) is 0 Å². The maximum Gasteiger partial charge on any atom is 0.130 e. The van der Waals surface area contributed by atoms with Crippen molar-refractivity contribution in [3.63, 3.8) is 0 Å². The highest BCUT2D eigenvalue weighted by Gasteiger charge is 2.34. The molecule has 16 heavy (non-hydrogen) atoms. The minimum atomic E-state index is 0.216. The highest BCUT2D eigenvalue weighted by Crippen LogP contribution is 2.43. The van der Waals surface area contributed by atoms with Gasteiger partial charge in [-0.2, -0.15) is 0 Å². The Labute approximate surface area is 101 Å². The van der Waals surface area contributed by atoms with Crippen LogP contribution in [0.4, 0.5) is 0 Å². The van der Waals surface area contributed by atoms with Crippen LogP contribution in [0.2, 0.25) is 0 Å². The summed E-state index contributed by atoms with van der Waals surface area (Å²) in [5.74, 6) is 2.85. The monoisotopic (exact) mass is 224 g/mol. The van der Waals surface area contributed by atoms with Gasteiger partial charge in [0.15, 0.2) is 0 Å². The van der Waals surface area contributed by atoms with Crippen molar-refractivity contribution in [1.82, 2.24) is 0 Å². The van der Waals surface area contributed by atoms with Crippen molar-refractivity contribution in [1.29, 1.82) is 0 Å². The van der Waals surface area contributed by atoms with Gasteiger partial charge in [0.1, 0.15) is 5.78 Å². The molecular formula is C15H28O. The van der Waals surface area contributed by atoms with Crippen molar-refractivity contribution in [2.24, 2.45) is 23.2 Å². The van der Waals surface area contributed by atoms with Gasteiger partial charge in [-0.1, -0.05) is 27.7 Å². The molecule has 1 saturated carbocycles. The largest absolute Gasteiger partial charge is 0.300 e. The van der Waals surface area contributed by atoms with E-state index in [0.29, 0.717) is 5.78 Å². The van der Waals surface area contributed by atoms with Gasteiger partial charge in [-0.05, 0) is 55.8 Å².